The van der Waals surface area contributed by atoms with Crippen LogP contribution in [0.25, 0.3) is 0 Å². The van der Waals surface area contributed by atoms with E-state index in [9.17, 15) is 8.42 Å². The molecule has 0 spiro atoms. The lowest BCUT2D eigenvalue weighted by Gasteiger charge is -2.41. The third-order valence-corrected chi connectivity index (χ3v) is 8.01. The molecule has 1 saturated heterocycles. The molecular weight excluding hydrogens is 286 g/mol. The molecule has 1 saturated carbocycles. The van der Waals surface area contributed by atoms with Crippen molar-refractivity contribution in [3.05, 3.63) is 0 Å². The molecule has 4 atom stereocenters. The summed E-state index contributed by atoms with van der Waals surface area (Å²) in [4.78, 5) is 0. The van der Waals surface area contributed by atoms with E-state index >= 15 is 0 Å². The van der Waals surface area contributed by atoms with Crippen molar-refractivity contribution in [2.45, 2.75) is 69.4 Å². The summed E-state index contributed by atoms with van der Waals surface area (Å²) >= 11 is 0. The molecule has 4 unspecified atom stereocenters. The van der Waals surface area contributed by atoms with Gasteiger partial charge in [0.2, 0.25) is 0 Å². The SMILES string of the molecule is CCCNC1CC(C)CC(C)C1S(=O)(=O)C1CCOCC1. The van der Waals surface area contributed by atoms with Gasteiger partial charge in [0.1, 0.15) is 0 Å². The van der Waals surface area contributed by atoms with E-state index in [2.05, 4.69) is 26.1 Å². The van der Waals surface area contributed by atoms with Crippen molar-refractivity contribution in [2.75, 3.05) is 19.8 Å². The van der Waals surface area contributed by atoms with Crippen LogP contribution in [0.4, 0.5) is 0 Å². The van der Waals surface area contributed by atoms with Crippen molar-refractivity contribution in [3.8, 4) is 0 Å². The predicted molar refractivity (Wildman–Crippen MR) is 86.2 cm³/mol. The average molecular weight is 317 g/mol. The smallest absolute Gasteiger partial charge is 0.157 e. The highest BCUT2D eigenvalue weighted by atomic mass is 32.2. The molecule has 5 heteroatoms. The van der Waals surface area contributed by atoms with Crippen LogP contribution in [-0.2, 0) is 14.6 Å². The Morgan fingerprint density at radius 2 is 1.81 bits per heavy atom. The maximum atomic E-state index is 13.1. The van der Waals surface area contributed by atoms with Gasteiger partial charge in [-0.3, -0.25) is 0 Å². The van der Waals surface area contributed by atoms with Gasteiger partial charge in [-0.1, -0.05) is 20.8 Å². The van der Waals surface area contributed by atoms with Crippen molar-refractivity contribution in [2.24, 2.45) is 11.8 Å². The van der Waals surface area contributed by atoms with Crippen molar-refractivity contribution < 1.29 is 13.2 Å². The number of ether oxygens (including phenoxy) is 1. The predicted octanol–water partition coefficient (Wildman–Crippen LogP) is 2.38. The number of sulfone groups is 1. The van der Waals surface area contributed by atoms with E-state index in [0.717, 1.165) is 25.8 Å². The zero-order valence-electron chi connectivity index (χ0n) is 13.7. The molecule has 0 aromatic heterocycles. The molecule has 2 fully saturated rings. The third-order valence-electron chi connectivity index (χ3n) is 5.06. The van der Waals surface area contributed by atoms with Crippen molar-refractivity contribution in [3.63, 3.8) is 0 Å². The minimum Gasteiger partial charge on any atom is -0.381 e. The number of rotatable bonds is 5. The van der Waals surface area contributed by atoms with Gasteiger partial charge in [0, 0.05) is 19.3 Å². The van der Waals surface area contributed by atoms with Gasteiger partial charge >= 0.3 is 0 Å². The Morgan fingerprint density at radius 1 is 1.14 bits per heavy atom. The Hall–Kier alpha value is -0.130. The van der Waals surface area contributed by atoms with Gasteiger partial charge in [-0.15, -0.1) is 0 Å². The zero-order valence-corrected chi connectivity index (χ0v) is 14.5. The van der Waals surface area contributed by atoms with Crippen LogP contribution in [0.5, 0.6) is 0 Å². The van der Waals surface area contributed by atoms with Crippen molar-refractivity contribution >= 4 is 9.84 Å². The maximum Gasteiger partial charge on any atom is 0.157 e. The quantitative estimate of drug-likeness (QED) is 0.846. The van der Waals surface area contributed by atoms with E-state index in [-0.39, 0.29) is 22.5 Å². The van der Waals surface area contributed by atoms with Gasteiger partial charge in [-0.05, 0) is 50.5 Å². The molecule has 0 amide bonds. The molecule has 4 nitrogen and oxygen atoms in total. The van der Waals surface area contributed by atoms with Crippen LogP contribution in [0.2, 0.25) is 0 Å². The summed E-state index contributed by atoms with van der Waals surface area (Å²) in [6.07, 6.45) is 4.39. The molecule has 1 N–H and O–H groups in total. The summed E-state index contributed by atoms with van der Waals surface area (Å²) in [6, 6.07) is 0.122. The summed E-state index contributed by atoms with van der Waals surface area (Å²) in [5.74, 6) is 0.853. The first-order valence-corrected chi connectivity index (χ1v) is 10.1. The Labute approximate surface area is 129 Å². The molecule has 21 heavy (non-hydrogen) atoms. The molecule has 1 aliphatic carbocycles. The van der Waals surface area contributed by atoms with Crippen molar-refractivity contribution in [1.29, 1.82) is 0 Å². The van der Waals surface area contributed by atoms with Gasteiger partial charge in [0.25, 0.3) is 0 Å². The second-order valence-corrected chi connectivity index (χ2v) is 9.37. The second kappa shape index (κ2) is 7.42. The molecule has 0 bridgehead atoms. The maximum absolute atomic E-state index is 13.1. The standard InChI is InChI=1S/C16H31NO3S/c1-4-7-17-15-11-12(2)10-13(3)16(15)21(18,19)14-5-8-20-9-6-14/h12-17H,4-11H2,1-3H3. The third kappa shape index (κ3) is 3.99. The Kier molecular flexibility index (Phi) is 6.09. The van der Waals surface area contributed by atoms with Crippen LogP contribution < -0.4 is 5.32 Å². The zero-order chi connectivity index (χ0) is 15.5. The topological polar surface area (TPSA) is 55.4 Å². The molecule has 0 radical (unpaired) electrons. The average Bonchev–Trinajstić information content (AvgIpc) is 2.45. The Balaban J connectivity index is 2.18. The molecule has 0 aromatic rings. The molecule has 1 heterocycles. The fourth-order valence-electron chi connectivity index (χ4n) is 4.14. The molecule has 0 aromatic carbocycles. The fraction of sp³-hybridized carbons (Fsp3) is 1.00. The molecule has 124 valence electrons. The highest BCUT2D eigenvalue weighted by Crippen LogP contribution is 2.36. The van der Waals surface area contributed by atoms with Crippen LogP contribution >= 0.6 is 0 Å². The van der Waals surface area contributed by atoms with Crippen LogP contribution in [0.1, 0.15) is 52.9 Å². The highest BCUT2D eigenvalue weighted by Gasteiger charge is 2.45. The molecule has 2 aliphatic rings. The van der Waals surface area contributed by atoms with Crippen molar-refractivity contribution in [1.82, 2.24) is 5.32 Å². The number of hydrogen-bond acceptors (Lipinski definition) is 4. The summed E-state index contributed by atoms with van der Waals surface area (Å²) in [6.45, 7) is 8.59. The van der Waals surface area contributed by atoms with Gasteiger partial charge in [0.15, 0.2) is 9.84 Å². The van der Waals surface area contributed by atoms with Gasteiger partial charge < -0.3 is 10.1 Å². The first kappa shape index (κ1) is 17.2. The van der Waals surface area contributed by atoms with E-state index in [1.807, 2.05) is 0 Å². The van der Waals surface area contributed by atoms with E-state index in [4.69, 9.17) is 4.74 Å². The number of hydrogen-bond donors (Lipinski definition) is 1. The summed E-state index contributed by atoms with van der Waals surface area (Å²) in [5, 5.41) is 3.10. The Morgan fingerprint density at radius 3 is 2.43 bits per heavy atom. The number of nitrogens with one attached hydrogen (secondary N) is 1. The lowest BCUT2D eigenvalue weighted by Crippen LogP contribution is -2.54. The van der Waals surface area contributed by atoms with Gasteiger partial charge in [-0.2, -0.15) is 0 Å². The lowest BCUT2D eigenvalue weighted by atomic mass is 9.80. The fourth-order valence-corrected chi connectivity index (χ4v) is 6.86. The first-order chi connectivity index (χ1) is 9.96. The van der Waals surface area contributed by atoms with Crippen LogP contribution in [0.15, 0.2) is 0 Å². The largest absolute Gasteiger partial charge is 0.381 e. The monoisotopic (exact) mass is 317 g/mol. The minimum atomic E-state index is -3.08. The minimum absolute atomic E-state index is 0.122. The summed E-state index contributed by atoms with van der Waals surface area (Å²) in [5.41, 5.74) is 0. The van der Waals surface area contributed by atoms with E-state index < -0.39 is 9.84 Å². The summed E-state index contributed by atoms with van der Waals surface area (Å²) in [7, 11) is -3.08. The van der Waals surface area contributed by atoms with Gasteiger partial charge in [-0.25, -0.2) is 8.42 Å². The Bertz CT molecular complexity index is 417. The highest BCUT2D eigenvalue weighted by molar-refractivity contribution is 7.92. The molecular formula is C16H31NO3S. The second-order valence-electron chi connectivity index (χ2n) is 6.98. The van der Waals surface area contributed by atoms with E-state index in [1.165, 1.54) is 0 Å². The van der Waals surface area contributed by atoms with Crippen LogP contribution in [0, 0.1) is 11.8 Å². The summed E-state index contributed by atoms with van der Waals surface area (Å²) < 4.78 is 31.6. The normalized spacial score (nSPS) is 35.8. The molecule has 1 aliphatic heterocycles. The molecule has 2 rings (SSSR count). The first-order valence-electron chi connectivity index (χ1n) is 8.50. The van der Waals surface area contributed by atoms with Crippen LogP contribution in [-0.4, -0.2) is 44.7 Å². The lowest BCUT2D eigenvalue weighted by molar-refractivity contribution is 0.0976. The van der Waals surface area contributed by atoms with E-state index in [0.29, 0.717) is 32.0 Å². The van der Waals surface area contributed by atoms with Crippen LogP contribution in [0.3, 0.4) is 0 Å². The van der Waals surface area contributed by atoms with E-state index in [1.54, 1.807) is 0 Å². The van der Waals surface area contributed by atoms with Gasteiger partial charge in [0.05, 0.1) is 10.5 Å².